The summed E-state index contributed by atoms with van der Waals surface area (Å²) in [4.78, 5) is 23.4. The first-order valence-electron chi connectivity index (χ1n) is 6.84. The summed E-state index contributed by atoms with van der Waals surface area (Å²) in [5.41, 5.74) is -0.260. The van der Waals surface area contributed by atoms with Gasteiger partial charge in [-0.05, 0) is 45.9 Å². The molecule has 6 nitrogen and oxygen atoms in total. The Morgan fingerprint density at radius 1 is 1.09 bits per heavy atom. The van der Waals surface area contributed by atoms with E-state index >= 15 is 0 Å². The largest absolute Gasteiger partial charge is 0.493 e. The topological polar surface area (TPSA) is 71.1 Å². The zero-order chi connectivity index (χ0) is 16.9. The van der Waals surface area contributed by atoms with Crippen molar-refractivity contribution in [2.45, 2.75) is 39.4 Å². The lowest BCUT2D eigenvalue weighted by atomic mass is 10.2. The van der Waals surface area contributed by atoms with Gasteiger partial charge in [-0.15, -0.1) is 0 Å². The first-order chi connectivity index (χ1) is 10.2. The third-order valence-corrected chi connectivity index (χ3v) is 2.63. The number of benzene rings is 1. The highest BCUT2D eigenvalue weighted by Crippen LogP contribution is 2.29. The highest BCUT2D eigenvalue weighted by molar-refractivity contribution is 5.90. The van der Waals surface area contributed by atoms with Crippen LogP contribution < -0.4 is 9.47 Å². The quantitative estimate of drug-likeness (QED) is 0.779. The molecule has 0 heterocycles. The zero-order valence-electron chi connectivity index (χ0n) is 13.8. The van der Waals surface area contributed by atoms with Crippen molar-refractivity contribution in [3.05, 3.63) is 23.8 Å². The standard InChI is InChI=1S/C16H22O6/c1-10(14(17)22-16(2,3)4)21-12-8-7-11(15(18)20-6)9-13(12)19-5/h7-10H,1-6H3. The molecule has 0 amide bonds. The maximum atomic E-state index is 11.9. The molecule has 0 spiro atoms. The number of hydrogen-bond donors (Lipinski definition) is 0. The Hall–Kier alpha value is -2.24. The fourth-order valence-corrected chi connectivity index (χ4v) is 1.63. The van der Waals surface area contributed by atoms with Gasteiger partial charge in [0.05, 0.1) is 19.8 Å². The summed E-state index contributed by atoms with van der Waals surface area (Å²) < 4.78 is 20.6. The van der Waals surface area contributed by atoms with Crippen LogP contribution in [0.25, 0.3) is 0 Å². The molecule has 22 heavy (non-hydrogen) atoms. The first-order valence-corrected chi connectivity index (χ1v) is 6.84. The summed E-state index contributed by atoms with van der Waals surface area (Å²) in [6, 6.07) is 4.57. The summed E-state index contributed by atoms with van der Waals surface area (Å²) in [5, 5.41) is 0. The van der Waals surface area contributed by atoms with Crippen LogP contribution in [0.2, 0.25) is 0 Å². The van der Waals surface area contributed by atoms with Crippen molar-refractivity contribution >= 4 is 11.9 Å². The van der Waals surface area contributed by atoms with E-state index in [1.807, 2.05) is 0 Å². The van der Waals surface area contributed by atoms with Crippen LogP contribution in [-0.4, -0.2) is 37.9 Å². The van der Waals surface area contributed by atoms with E-state index in [0.717, 1.165) is 0 Å². The minimum atomic E-state index is -0.808. The molecule has 0 fully saturated rings. The van der Waals surface area contributed by atoms with Gasteiger partial charge in [-0.3, -0.25) is 0 Å². The highest BCUT2D eigenvalue weighted by Gasteiger charge is 2.24. The fourth-order valence-electron chi connectivity index (χ4n) is 1.63. The number of carbonyl (C=O) groups excluding carboxylic acids is 2. The van der Waals surface area contributed by atoms with E-state index in [4.69, 9.17) is 14.2 Å². The monoisotopic (exact) mass is 310 g/mol. The van der Waals surface area contributed by atoms with Gasteiger partial charge < -0.3 is 18.9 Å². The number of hydrogen-bond acceptors (Lipinski definition) is 6. The Kier molecular flexibility index (Phi) is 5.79. The van der Waals surface area contributed by atoms with Gasteiger partial charge in [0.25, 0.3) is 0 Å². The first kappa shape index (κ1) is 17.8. The van der Waals surface area contributed by atoms with E-state index in [2.05, 4.69) is 4.74 Å². The average Bonchev–Trinajstić information content (AvgIpc) is 2.44. The molecule has 0 N–H and O–H groups in total. The zero-order valence-corrected chi connectivity index (χ0v) is 13.8. The summed E-state index contributed by atoms with van der Waals surface area (Å²) in [6.07, 6.45) is -0.808. The summed E-state index contributed by atoms with van der Waals surface area (Å²) in [6.45, 7) is 6.93. The molecule has 1 aromatic carbocycles. The summed E-state index contributed by atoms with van der Waals surface area (Å²) >= 11 is 0. The molecule has 1 atom stereocenters. The molecule has 0 aliphatic heterocycles. The van der Waals surface area contributed by atoms with E-state index in [9.17, 15) is 9.59 Å². The van der Waals surface area contributed by atoms with Crippen molar-refractivity contribution in [1.82, 2.24) is 0 Å². The molecule has 0 bridgehead atoms. The number of methoxy groups -OCH3 is 2. The molecule has 0 aliphatic rings. The maximum absolute atomic E-state index is 11.9. The number of ether oxygens (including phenoxy) is 4. The normalized spacial score (nSPS) is 12.3. The molecule has 1 rings (SSSR count). The van der Waals surface area contributed by atoms with E-state index < -0.39 is 23.6 Å². The van der Waals surface area contributed by atoms with E-state index in [0.29, 0.717) is 17.1 Å². The third kappa shape index (κ3) is 4.95. The minimum Gasteiger partial charge on any atom is -0.493 e. The maximum Gasteiger partial charge on any atom is 0.347 e. The summed E-state index contributed by atoms with van der Waals surface area (Å²) in [7, 11) is 2.74. The van der Waals surface area contributed by atoms with Crippen molar-refractivity contribution in [1.29, 1.82) is 0 Å². The Bertz CT molecular complexity index is 544. The van der Waals surface area contributed by atoms with Crippen LogP contribution in [0.4, 0.5) is 0 Å². The van der Waals surface area contributed by atoms with Gasteiger partial charge in [0.2, 0.25) is 0 Å². The molecule has 0 saturated heterocycles. The lowest BCUT2D eigenvalue weighted by molar-refractivity contribution is -0.162. The third-order valence-electron chi connectivity index (χ3n) is 2.63. The Morgan fingerprint density at radius 3 is 2.23 bits per heavy atom. The van der Waals surface area contributed by atoms with Crippen LogP contribution in [0.3, 0.4) is 0 Å². The van der Waals surface area contributed by atoms with Crippen LogP contribution in [0.1, 0.15) is 38.1 Å². The molecular weight excluding hydrogens is 288 g/mol. The molecule has 0 aliphatic carbocycles. The fraction of sp³-hybridized carbons (Fsp3) is 0.500. The van der Waals surface area contributed by atoms with Crippen molar-refractivity contribution in [2.24, 2.45) is 0 Å². The van der Waals surface area contributed by atoms with Gasteiger partial charge in [-0.1, -0.05) is 0 Å². The highest BCUT2D eigenvalue weighted by atomic mass is 16.6. The smallest absolute Gasteiger partial charge is 0.347 e. The van der Waals surface area contributed by atoms with Crippen LogP contribution in [-0.2, 0) is 14.3 Å². The number of carbonyl (C=O) groups is 2. The van der Waals surface area contributed by atoms with Gasteiger partial charge in [0.1, 0.15) is 5.60 Å². The SMILES string of the molecule is COC(=O)c1ccc(OC(C)C(=O)OC(C)(C)C)c(OC)c1. The lowest BCUT2D eigenvalue weighted by Gasteiger charge is -2.23. The summed E-state index contributed by atoms with van der Waals surface area (Å²) in [5.74, 6) is -0.288. The average molecular weight is 310 g/mol. The van der Waals surface area contributed by atoms with Crippen molar-refractivity contribution in [2.75, 3.05) is 14.2 Å². The Balaban J connectivity index is 2.89. The van der Waals surface area contributed by atoms with Crippen LogP contribution in [0.5, 0.6) is 11.5 Å². The second kappa shape index (κ2) is 7.15. The molecular formula is C16H22O6. The van der Waals surface area contributed by atoms with Crippen LogP contribution in [0.15, 0.2) is 18.2 Å². The van der Waals surface area contributed by atoms with Gasteiger partial charge >= 0.3 is 11.9 Å². The van der Waals surface area contributed by atoms with Crippen molar-refractivity contribution in [3.63, 3.8) is 0 Å². The molecule has 122 valence electrons. The molecule has 1 unspecified atom stereocenters. The Labute approximate surface area is 130 Å². The van der Waals surface area contributed by atoms with E-state index in [1.165, 1.54) is 26.4 Å². The lowest BCUT2D eigenvalue weighted by Crippen LogP contribution is -2.33. The number of esters is 2. The second-order valence-corrected chi connectivity index (χ2v) is 5.65. The van der Waals surface area contributed by atoms with Gasteiger partial charge in [0.15, 0.2) is 17.6 Å². The van der Waals surface area contributed by atoms with E-state index in [-0.39, 0.29) is 0 Å². The van der Waals surface area contributed by atoms with Crippen molar-refractivity contribution in [3.8, 4) is 11.5 Å². The number of rotatable bonds is 5. The molecule has 0 aromatic heterocycles. The molecule has 0 radical (unpaired) electrons. The van der Waals surface area contributed by atoms with Crippen molar-refractivity contribution < 1.29 is 28.5 Å². The van der Waals surface area contributed by atoms with Crippen LogP contribution in [0, 0.1) is 0 Å². The predicted molar refractivity (Wildman–Crippen MR) is 80.3 cm³/mol. The van der Waals surface area contributed by atoms with Crippen LogP contribution >= 0.6 is 0 Å². The van der Waals surface area contributed by atoms with Gasteiger partial charge in [-0.2, -0.15) is 0 Å². The van der Waals surface area contributed by atoms with Gasteiger partial charge in [-0.25, -0.2) is 9.59 Å². The minimum absolute atomic E-state index is 0.330. The molecule has 1 aromatic rings. The van der Waals surface area contributed by atoms with E-state index in [1.54, 1.807) is 33.8 Å². The Morgan fingerprint density at radius 2 is 1.73 bits per heavy atom. The van der Waals surface area contributed by atoms with Gasteiger partial charge in [0, 0.05) is 0 Å². The predicted octanol–water partition coefficient (Wildman–Crippen LogP) is 2.59. The second-order valence-electron chi connectivity index (χ2n) is 5.65. The molecule has 0 saturated carbocycles. The molecule has 6 heteroatoms.